The van der Waals surface area contributed by atoms with Crippen molar-refractivity contribution < 1.29 is 13.9 Å². The first kappa shape index (κ1) is 14.3. The topological polar surface area (TPSA) is 32.3 Å². The zero-order valence-electron chi connectivity index (χ0n) is 11.3. The van der Waals surface area contributed by atoms with Gasteiger partial charge in [-0.2, -0.15) is 0 Å². The molecule has 19 heavy (non-hydrogen) atoms. The van der Waals surface area contributed by atoms with Crippen molar-refractivity contribution in [2.75, 3.05) is 11.9 Å². The second-order valence-corrected chi connectivity index (χ2v) is 5.47. The maximum absolute atomic E-state index is 13.7. The highest BCUT2D eigenvalue weighted by Gasteiger charge is 2.19. The Labute approximate surface area is 112 Å². The summed E-state index contributed by atoms with van der Waals surface area (Å²) in [5.74, 6) is -0.631. The van der Waals surface area contributed by atoms with Gasteiger partial charge < -0.3 is 10.4 Å². The summed E-state index contributed by atoms with van der Waals surface area (Å²) in [5, 5.41) is 12.6. The smallest absolute Gasteiger partial charge is 0.152 e. The van der Waals surface area contributed by atoms with Gasteiger partial charge in [0.25, 0.3) is 0 Å². The van der Waals surface area contributed by atoms with Crippen LogP contribution in [0.3, 0.4) is 0 Å². The van der Waals surface area contributed by atoms with Crippen molar-refractivity contribution in [1.82, 2.24) is 0 Å². The Morgan fingerprint density at radius 2 is 2.00 bits per heavy atom. The van der Waals surface area contributed by atoms with Crippen LogP contribution in [0.2, 0.25) is 0 Å². The number of hydrogen-bond acceptors (Lipinski definition) is 2. The maximum Gasteiger partial charge on any atom is 0.152 e. The molecule has 0 radical (unpaired) electrons. The first-order valence-electron chi connectivity index (χ1n) is 6.94. The van der Waals surface area contributed by atoms with Gasteiger partial charge in [-0.15, -0.1) is 0 Å². The fraction of sp³-hybridized carbons (Fsp3) is 0.600. The molecular weight excluding hydrogens is 248 g/mol. The number of rotatable bonds is 5. The molecule has 2 N–H and O–H groups in total. The third kappa shape index (κ3) is 3.66. The lowest BCUT2D eigenvalue weighted by molar-refractivity contribution is 0.154. The molecule has 0 heterocycles. The van der Waals surface area contributed by atoms with Crippen LogP contribution < -0.4 is 5.32 Å². The van der Waals surface area contributed by atoms with Crippen molar-refractivity contribution in [1.29, 1.82) is 0 Å². The second kappa shape index (κ2) is 6.33. The number of halogens is 2. The highest BCUT2D eigenvalue weighted by Crippen LogP contribution is 2.29. The normalized spacial score (nSPS) is 17.7. The summed E-state index contributed by atoms with van der Waals surface area (Å²) in [5.41, 5.74) is 0.264. The number of benzene rings is 1. The Morgan fingerprint density at radius 1 is 1.32 bits per heavy atom. The lowest BCUT2D eigenvalue weighted by Crippen LogP contribution is -2.23. The Bertz CT molecular complexity index is 430. The molecule has 0 aliphatic heterocycles. The molecular formula is C15H21F2NO. The lowest BCUT2D eigenvalue weighted by Gasteiger charge is -2.17. The minimum Gasteiger partial charge on any atom is -0.391 e. The molecule has 1 aliphatic carbocycles. The Kier molecular flexibility index (Phi) is 4.75. The van der Waals surface area contributed by atoms with Gasteiger partial charge in [0.2, 0.25) is 0 Å². The monoisotopic (exact) mass is 269 g/mol. The molecule has 1 fully saturated rings. The van der Waals surface area contributed by atoms with Gasteiger partial charge in [-0.25, -0.2) is 8.78 Å². The minimum absolute atomic E-state index is 0.134. The summed E-state index contributed by atoms with van der Waals surface area (Å²) < 4.78 is 27.2. The van der Waals surface area contributed by atoms with E-state index in [1.165, 1.54) is 25.0 Å². The summed E-state index contributed by atoms with van der Waals surface area (Å²) >= 11 is 0. The fourth-order valence-corrected chi connectivity index (χ4v) is 2.75. The minimum atomic E-state index is -0.615. The highest BCUT2D eigenvalue weighted by molar-refractivity contribution is 5.48. The largest absolute Gasteiger partial charge is 0.391 e. The Hall–Kier alpha value is -1.16. The number of hydrogen-bond donors (Lipinski definition) is 2. The third-order valence-corrected chi connectivity index (χ3v) is 3.88. The molecule has 2 rings (SSSR count). The molecule has 1 atom stereocenters. The van der Waals surface area contributed by atoms with Gasteiger partial charge in [-0.3, -0.25) is 0 Å². The van der Waals surface area contributed by atoms with Crippen LogP contribution in [0.1, 0.15) is 37.7 Å². The van der Waals surface area contributed by atoms with Crippen LogP contribution in [0.25, 0.3) is 0 Å². The molecule has 0 aromatic heterocycles. The molecule has 2 nitrogen and oxygen atoms in total. The van der Waals surface area contributed by atoms with Gasteiger partial charge in [0.1, 0.15) is 11.5 Å². The van der Waals surface area contributed by atoms with E-state index in [0.717, 1.165) is 12.8 Å². The Balaban J connectivity index is 1.89. The van der Waals surface area contributed by atoms with Gasteiger partial charge >= 0.3 is 0 Å². The average Bonchev–Trinajstić information content (AvgIpc) is 2.87. The number of aryl methyl sites for hydroxylation is 1. The van der Waals surface area contributed by atoms with E-state index in [1.807, 2.05) is 0 Å². The van der Waals surface area contributed by atoms with Crippen LogP contribution in [-0.4, -0.2) is 17.8 Å². The molecule has 1 aliphatic rings. The van der Waals surface area contributed by atoms with Crippen LogP contribution in [-0.2, 0) is 0 Å². The lowest BCUT2D eigenvalue weighted by atomic mass is 10.00. The van der Waals surface area contributed by atoms with Crippen LogP contribution in [0.15, 0.2) is 12.1 Å². The summed E-state index contributed by atoms with van der Waals surface area (Å²) in [4.78, 5) is 0. The van der Waals surface area contributed by atoms with Gasteiger partial charge in [0.15, 0.2) is 5.82 Å². The molecule has 4 heteroatoms. The van der Waals surface area contributed by atoms with Crippen LogP contribution in [0, 0.1) is 24.5 Å². The highest BCUT2D eigenvalue weighted by atomic mass is 19.1. The standard InChI is InChI=1S/C15H21F2NO/c1-10-6-7-13(16)15(14(10)17)18-9-12(19)8-11-4-2-3-5-11/h6-7,11-12,18-19H,2-5,8-9H2,1H3. The molecule has 1 saturated carbocycles. The van der Waals surface area contributed by atoms with E-state index < -0.39 is 17.7 Å². The summed E-state index contributed by atoms with van der Waals surface area (Å²) in [7, 11) is 0. The van der Waals surface area contributed by atoms with E-state index in [-0.39, 0.29) is 12.2 Å². The predicted octanol–water partition coefficient (Wildman–Crippen LogP) is 3.63. The predicted molar refractivity (Wildman–Crippen MR) is 72.2 cm³/mol. The molecule has 0 spiro atoms. The summed E-state index contributed by atoms with van der Waals surface area (Å²) in [6.07, 6.45) is 4.93. The van der Waals surface area contributed by atoms with E-state index >= 15 is 0 Å². The van der Waals surface area contributed by atoms with Gasteiger partial charge in [-0.1, -0.05) is 31.7 Å². The number of anilines is 1. The molecule has 1 unspecified atom stereocenters. The van der Waals surface area contributed by atoms with Gasteiger partial charge in [0.05, 0.1) is 6.10 Å². The summed E-state index contributed by atoms with van der Waals surface area (Å²) in [6, 6.07) is 2.65. The number of nitrogens with one attached hydrogen (secondary N) is 1. The van der Waals surface area contributed by atoms with Gasteiger partial charge in [-0.05, 0) is 30.9 Å². The molecule has 1 aromatic carbocycles. The third-order valence-electron chi connectivity index (χ3n) is 3.88. The SMILES string of the molecule is Cc1ccc(F)c(NCC(O)CC2CCCC2)c1F. The zero-order chi connectivity index (χ0) is 13.8. The van der Waals surface area contributed by atoms with Crippen molar-refractivity contribution in [3.8, 4) is 0 Å². The molecule has 0 saturated heterocycles. The van der Waals surface area contributed by atoms with Gasteiger partial charge in [0, 0.05) is 6.54 Å². The molecule has 0 amide bonds. The van der Waals surface area contributed by atoms with Crippen LogP contribution in [0.5, 0.6) is 0 Å². The zero-order valence-corrected chi connectivity index (χ0v) is 11.3. The Morgan fingerprint density at radius 3 is 2.68 bits per heavy atom. The van der Waals surface area contributed by atoms with E-state index in [9.17, 15) is 13.9 Å². The average molecular weight is 269 g/mol. The van der Waals surface area contributed by atoms with Crippen molar-refractivity contribution in [2.45, 2.75) is 45.1 Å². The van der Waals surface area contributed by atoms with E-state index in [2.05, 4.69) is 5.32 Å². The molecule has 106 valence electrons. The van der Waals surface area contributed by atoms with E-state index in [0.29, 0.717) is 17.9 Å². The maximum atomic E-state index is 13.7. The van der Waals surface area contributed by atoms with Crippen LogP contribution >= 0.6 is 0 Å². The molecule has 0 bridgehead atoms. The summed E-state index contributed by atoms with van der Waals surface area (Å²) in [6.45, 7) is 1.78. The van der Waals surface area contributed by atoms with E-state index in [1.54, 1.807) is 6.92 Å². The van der Waals surface area contributed by atoms with Crippen molar-refractivity contribution in [2.24, 2.45) is 5.92 Å². The first-order valence-corrected chi connectivity index (χ1v) is 6.94. The van der Waals surface area contributed by atoms with E-state index in [4.69, 9.17) is 0 Å². The number of aliphatic hydroxyl groups excluding tert-OH is 1. The van der Waals surface area contributed by atoms with Crippen molar-refractivity contribution in [3.63, 3.8) is 0 Å². The first-order chi connectivity index (χ1) is 9.08. The van der Waals surface area contributed by atoms with Crippen molar-refractivity contribution in [3.05, 3.63) is 29.3 Å². The molecule has 1 aromatic rings. The van der Waals surface area contributed by atoms with Crippen molar-refractivity contribution >= 4 is 5.69 Å². The quantitative estimate of drug-likeness (QED) is 0.855. The second-order valence-electron chi connectivity index (χ2n) is 5.47. The van der Waals surface area contributed by atoms with Crippen LogP contribution in [0.4, 0.5) is 14.5 Å². The number of aliphatic hydroxyl groups is 1. The fourth-order valence-electron chi connectivity index (χ4n) is 2.75.